The average Bonchev–Trinajstić information content (AvgIpc) is 3.73. The van der Waals surface area contributed by atoms with Crippen molar-refractivity contribution in [3.05, 3.63) is 77.6 Å². The number of para-hydroxylation sites is 1. The Hall–Kier alpha value is -3.82. The van der Waals surface area contributed by atoms with Gasteiger partial charge in [-0.25, -0.2) is 4.98 Å². The van der Waals surface area contributed by atoms with Gasteiger partial charge in [-0.1, -0.05) is 24.3 Å². The van der Waals surface area contributed by atoms with Gasteiger partial charge in [0.1, 0.15) is 6.26 Å². The maximum Gasteiger partial charge on any atom is 0.273 e. The Balaban J connectivity index is 1.15. The SMILES string of the molecule is O=C(NCC1CCCO1)c1coc(CN(CCc2c[nH]c3ccccc23)Cc2ccc3c(c2)OCO3)n1. The number of H-pyrrole nitrogens is 1. The van der Waals surface area contributed by atoms with Crippen LogP contribution in [0.3, 0.4) is 0 Å². The lowest BCUT2D eigenvalue weighted by Crippen LogP contribution is -2.32. The highest BCUT2D eigenvalue weighted by Gasteiger charge is 2.20. The molecule has 2 aromatic heterocycles. The lowest BCUT2D eigenvalue weighted by molar-refractivity contribution is 0.0853. The molecule has 4 heterocycles. The molecule has 1 amide bonds. The van der Waals surface area contributed by atoms with E-state index in [4.69, 9.17) is 18.6 Å². The quantitative estimate of drug-likeness (QED) is 0.338. The fourth-order valence-electron chi connectivity index (χ4n) is 4.91. The summed E-state index contributed by atoms with van der Waals surface area (Å²) < 4.78 is 22.3. The third-order valence-corrected chi connectivity index (χ3v) is 6.87. The standard InChI is InChI=1S/C28H30N4O5/c33-28(30-14-21-4-3-11-34-21)24-17-35-27(31-24)16-32(15-19-7-8-25-26(12-19)37-18-36-25)10-9-20-13-29-23-6-2-1-5-22(20)23/h1-2,5-8,12-13,17,21,29H,3-4,9-11,14-16,18H2,(H,30,33). The molecule has 0 bridgehead atoms. The molecule has 2 aromatic carbocycles. The molecule has 2 aliphatic rings. The minimum atomic E-state index is -0.244. The first kappa shape index (κ1) is 23.6. The second kappa shape index (κ2) is 10.7. The minimum absolute atomic E-state index is 0.0806. The van der Waals surface area contributed by atoms with E-state index in [2.05, 4.69) is 44.6 Å². The van der Waals surface area contributed by atoms with Crippen LogP contribution in [-0.4, -0.2) is 53.4 Å². The number of oxazole rings is 1. The van der Waals surface area contributed by atoms with Crippen LogP contribution in [0.25, 0.3) is 10.9 Å². The van der Waals surface area contributed by atoms with Gasteiger partial charge < -0.3 is 28.9 Å². The van der Waals surface area contributed by atoms with E-state index in [9.17, 15) is 4.79 Å². The lowest BCUT2D eigenvalue weighted by Gasteiger charge is -2.21. The third-order valence-electron chi connectivity index (χ3n) is 6.87. The molecule has 2 aliphatic heterocycles. The van der Waals surface area contributed by atoms with E-state index in [0.717, 1.165) is 55.0 Å². The van der Waals surface area contributed by atoms with E-state index in [-0.39, 0.29) is 24.5 Å². The zero-order valence-electron chi connectivity index (χ0n) is 20.6. The average molecular weight is 503 g/mol. The third kappa shape index (κ3) is 5.47. The predicted octanol–water partition coefficient (Wildman–Crippen LogP) is 4.04. The van der Waals surface area contributed by atoms with Gasteiger partial charge >= 0.3 is 0 Å². The normalized spacial score (nSPS) is 16.6. The lowest BCUT2D eigenvalue weighted by atomic mass is 10.1. The summed E-state index contributed by atoms with van der Waals surface area (Å²) in [6, 6.07) is 14.3. The monoisotopic (exact) mass is 502 g/mol. The van der Waals surface area contributed by atoms with Crippen molar-refractivity contribution in [2.24, 2.45) is 0 Å². The molecule has 4 aromatic rings. The molecule has 1 saturated heterocycles. The number of carbonyl (C=O) groups is 1. The van der Waals surface area contributed by atoms with Crippen LogP contribution in [0, 0.1) is 0 Å². The van der Waals surface area contributed by atoms with Crippen molar-refractivity contribution in [3.8, 4) is 11.5 Å². The van der Waals surface area contributed by atoms with Gasteiger partial charge in [0, 0.05) is 43.3 Å². The van der Waals surface area contributed by atoms with Gasteiger partial charge in [0.05, 0.1) is 12.6 Å². The number of amides is 1. The molecule has 9 heteroatoms. The second-order valence-electron chi connectivity index (χ2n) is 9.48. The number of nitrogens with zero attached hydrogens (tertiary/aromatic N) is 2. The van der Waals surface area contributed by atoms with E-state index in [1.807, 2.05) is 24.3 Å². The van der Waals surface area contributed by atoms with Crippen molar-refractivity contribution in [1.82, 2.24) is 20.2 Å². The molecule has 0 radical (unpaired) electrons. The van der Waals surface area contributed by atoms with E-state index in [1.165, 1.54) is 17.2 Å². The van der Waals surface area contributed by atoms with Gasteiger partial charge in [0.25, 0.3) is 5.91 Å². The Morgan fingerprint density at radius 2 is 2.05 bits per heavy atom. The summed E-state index contributed by atoms with van der Waals surface area (Å²) in [7, 11) is 0. The van der Waals surface area contributed by atoms with Crippen LogP contribution in [0.15, 0.2) is 59.3 Å². The van der Waals surface area contributed by atoms with Gasteiger partial charge in [-0.3, -0.25) is 9.69 Å². The molecule has 1 unspecified atom stereocenters. The van der Waals surface area contributed by atoms with Gasteiger partial charge in [-0.15, -0.1) is 0 Å². The molecular formula is C28H30N4O5. The molecule has 6 rings (SSSR count). The summed E-state index contributed by atoms with van der Waals surface area (Å²) in [5.41, 5.74) is 3.77. The van der Waals surface area contributed by atoms with Crippen molar-refractivity contribution in [1.29, 1.82) is 0 Å². The highest BCUT2D eigenvalue weighted by molar-refractivity contribution is 5.91. The fourth-order valence-corrected chi connectivity index (χ4v) is 4.91. The summed E-state index contributed by atoms with van der Waals surface area (Å²) >= 11 is 0. The van der Waals surface area contributed by atoms with Crippen LogP contribution in [0.4, 0.5) is 0 Å². The summed E-state index contributed by atoms with van der Waals surface area (Å²) in [5.74, 6) is 1.78. The molecule has 192 valence electrons. The number of nitrogens with one attached hydrogen (secondary N) is 2. The number of rotatable bonds is 10. The Morgan fingerprint density at radius 1 is 1.14 bits per heavy atom. The number of aromatic amines is 1. The number of aromatic nitrogens is 2. The largest absolute Gasteiger partial charge is 0.454 e. The summed E-state index contributed by atoms with van der Waals surface area (Å²) in [4.78, 5) is 22.7. The summed E-state index contributed by atoms with van der Waals surface area (Å²) in [5, 5.41) is 4.13. The molecular weight excluding hydrogens is 472 g/mol. The zero-order valence-corrected chi connectivity index (χ0v) is 20.6. The topological polar surface area (TPSA) is 102 Å². The zero-order chi connectivity index (χ0) is 25.0. The minimum Gasteiger partial charge on any atom is -0.454 e. The van der Waals surface area contributed by atoms with Crippen LogP contribution < -0.4 is 14.8 Å². The van der Waals surface area contributed by atoms with Crippen molar-refractivity contribution >= 4 is 16.8 Å². The molecule has 0 saturated carbocycles. The first-order valence-electron chi connectivity index (χ1n) is 12.7. The predicted molar refractivity (Wildman–Crippen MR) is 136 cm³/mol. The number of hydrogen-bond donors (Lipinski definition) is 2. The number of benzene rings is 2. The smallest absolute Gasteiger partial charge is 0.273 e. The number of hydrogen-bond acceptors (Lipinski definition) is 7. The van der Waals surface area contributed by atoms with Gasteiger partial charge in [0.15, 0.2) is 17.2 Å². The number of ether oxygens (including phenoxy) is 3. The first-order chi connectivity index (χ1) is 18.2. The molecule has 0 aliphatic carbocycles. The van der Waals surface area contributed by atoms with E-state index in [0.29, 0.717) is 25.5 Å². The van der Waals surface area contributed by atoms with Crippen molar-refractivity contribution < 1.29 is 23.4 Å². The summed E-state index contributed by atoms with van der Waals surface area (Å²) in [6.07, 6.45) is 6.44. The highest BCUT2D eigenvalue weighted by atomic mass is 16.7. The Labute approximate surface area is 214 Å². The van der Waals surface area contributed by atoms with Crippen molar-refractivity contribution in [2.75, 3.05) is 26.5 Å². The Bertz CT molecular complexity index is 1370. The molecule has 1 atom stereocenters. The van der Waals surface area contributed by atoms with Crippen LogP contribution >= 0.6 is 0 Å². The van der Waals surface area contributed by atoms with Crippen molar-refractivity contribution in [3.63, 3.8) is 0 Å². The number of fused-ring (bicyclic) bond motifs is 2. The first-order valence-corrected chi connectivity index (χ1v) is 12.7. The van der Waals surface area contributed by atoms with E-state index >= 15 is 0 Å². The fraction of sp³-hybridized carbons (Fsp3) is 0.357. The van der Waals surface area contributed by atoms with Crippen molar-refractivity contribution in [2.45, 2.75) is 38.5 Å². The van der Waals surface area contributed by atoms with Crippen LogP contribution in [-0.2, 0) is 24.2 Å². The van der Waals surface area contributed by atoms with Gasteiger partial charge in [0.2, 0.25) is 12.7 Å². The van der Waals surface area contributed by atoms with Gasteiger partial charge in [-0.05, 0) is 48.6 Å². The maximum absolute atomic E-state index is 12.6. The molecule has 37 heavy (non-hydrogen) atoms. The summed E-state index contributed by atoms with van der Waals surface area (Å²) in [6.45, 7) is 3.41. The molecule has 9 nitrogen and oxygen atoms in total. The van der Waals surface area contributed by atoms with E-state index in [1.54, 1.807) is 0 Å². The van der Waals surface area contributed by atoms with Crippen LogP contribution in [0.2, 0.25) is 0 Å². The number of carbonyl (C=O) groups excluding carboxylic acids is 1. The molecule has 2 N–H and O–H groups in total. The van der Waals surface area contributed by atoms with E-state index < -0.39 is 0 Å². The Kier molecular flexibility index (Phi) is 6.79. The Morgan fingerprint density at radius 3 is 2.97 bits per heavy atom. The van der Waals surface area contributed by atoms with Crippen LogP contribution in [0.1, 0.15) is 40.3 Å². The highest BCUT2D eigenvalue weighted by Crippen LogP contribution is 2.33. The van der Waals surface area contributed by atoms with Gasteiger partial charge in [-0.2, -0.15) is 0 Å². The molecule has 1 fully saturated rings. The molecule has 0 spiro atoms. The maximum atomic E-state index is 12.6. The van der Waals surface area contributed by atoms with Crippen LogP contribution in [0.5, 0.6) is 11.5 Å². The second-order valence-corrected chi connectivity index (χ2v) is 9.48.